The van der Waals surface area contributed by atoms with Crippen molar-refractivity contribution in [2.24, 2.45) is 5.10 Å². The zero-order chi connectivity index (χ0) is 16.2. The van der Waals surface area contributed by atoms with Crippen LogP contribution in [-0.4, -0.2) is 17.1 Å². The molecule has 3 aromatic rings. The summed E-state index contributed by atoms with van der Waals surface area (Å²) in [6, 6.07) is 14.1. The SMILES string of the molecule is Cc1ccc(/C=N\NC(=O)Cc2c[nH]c3ccccc23)c(C)c1. The van der Waals surface area contributed by atoms with Crippen molar-refractivity contribution in [1.29, 1.82) is 0 Å². The van der Waals surface area contributed by atoms with Crippen molar-refractivity contribution in [2.45, 2.75) is 20.3 Å². The third kappa shape index (κ3) is 3.48. The van der Waals surface area contributed by atoms with Gasteiger partial charge in [-0.25, -0.2) is 5.43 Å². The lowest BCUT2D eigenvalue weighted by molar-refractivity contribution is -0.120. The van der Waals surface area contributed by atoms with E-state index >= 15 is 0 Å². The van der Waals surface area contributed by atoms with Crippen LogP contribution in [0.5, 0.6) is 0 Å². The van der Waals surface area contributed by atoms with Crippen LogP contribution < -0.4 is 5.43 Å². The molecule has 0 aliphatic heterocycles. The number of nitrogens with zero attached hydrogens (tertiary/aromatic N) is 1. The lowest BCUT2D eigenvalue weighted by Crippen LogP contribution is -2.19. The standard InChI is InChI=1S/C19H19N3O/c1-13-7-8-15(14(2)9-13)12-21-22-19(23)10-16-11-20-18-6-4-3-5-17(16)18/h3-9,11-12,20H,10H2,1-2H3,(H,22,23)/b21-12-. The Morgan fingerprint density at radius 2 is 2.04 bits per heavy atom. The van der Waals surface area contributed by atoms with Gasteiger partial charge in [0.05, 0.1) is 12.6 Å². The van der Waals surface area contributed by atoms with E-state index in [9.17, 15) is 4.79 Å². The fraction of sp³-hybridized carbons (Fsp3) is 0.158. The van der Waals surface area contributed by atoms with Gasteiger partial charge < -0.3 is 4.98 Å². The van der Waals surface area contributed by atoms with E-state index in [4.69, 9.17) is 0 Å². The number of aromatic amines is 1. The molecule has 4 nitrogen and oxygen atoms in total. The van der Waals surface area contributed by atoms with Crippen LogP contribution in [-0.2, 0) is 11.2 Å². The summed E-state index contributed by atoms with van der Waals surface area (Å²) >= 11 is 0. The molecule has 1 heterocycles. The van der Waals surface area contributed by atoms with E-state index in [0.717, 1.165) is 27.6 Å². The molecule has 0 radical (unpaired) electrons. The van der Waals surface area contributed by atoms with Crippen molar-refractivity contribution >= 4 is 23.0 Å². The summed E-state index contributed by atoms with van der Waals surface area (Å²) in [5.74, 6) is -0.129. The average molecular weight is 305 g/mol. The van der Waals surface area contributed by atoms with E-state index in [2.05, 4.69) is 28.5 Å². The molecule has 4 heteroatoms. The van der Waals surface area contributed by atoms with Crippen molar-refractivity contribution in [2.75, 3.05) is 0 Å². The molecular weight excluding hydrogens is 286 g/mol. The molecular formula is C19H19N3O. The van der Waals surface area contributed by atoms with Crippen molar-refractivity contribution in [3.8, 4) is 0 Å². The minimum Gasteiger partial charge on any atom is -0.361 e. The first-order valence-electron chi connectivity index (χ1n) is 7.57. The summed E-state index contributed by atoms with van der Waals surface area (Å²) in [5.41, 5.74) is 7.95. The smallest absolute Gasteiger partial charge is 0.244 e. The Morgan fingerprint density at radius 1 is 1.22 bits per heavy atom. The Labute approximate surface area is 135 Å². The molecule has 0 spiro atoms. The number of hydrogen-bond acceptors (Lipinski definition) is 2. The number of aromatic nitrogens is 1. The minimum atomic E-state index is -0.129. The van der Waals surface area contributed by atoms with Crippen LogP contribution >= 0.6 is 0 Å². The van der Waals surface area contributed by atoms with Crippen LogP contribution in [0, 0.1) is 13.8 Å². The predicted octanol–water partition coefficient (Wildman–Crippen LogP) is 3.48. The number of hydrazone groups is 1. The van der Waals surface area contributed by atoms with Crippen molar-refractivity contribution < 1.29 is 4.79 Å². The van der Waals surface area contributed by atoms with Crippen LogP contribution in [0.25, 0.3) is 10.9 Å². The Morgan fingerprint density at radius 3 is 2.87 bits per heavy atom. The molecule has 1 aromatic heterocycles. The molecule has 0 fully saturated rings. The third-order valence-electron chi connectivity index (χ3n) is 3.84. The number of H-pyrrole nitrogens is 1. The van der Waals surface area contributed by atoms with Crippen molar-refractivity contribution in [1.82, 2.24) is 10.4 Å². The van der Waals surface area contributed by atoms with Gasteiger partial charge in [0.1, 0.15) is 0 Å². The summed E-state index contributed by atoms with van der Waals surface area (Å²) in [7, 11) is 0. The van der Waals surface area contributed by atoms with E-state index < -0.39 is 0 Å². The van der Waals surface area contributed by atoms with Gasteiger partial charge >= 0.3 is 0 Å². The second-order valence-corrected chi connectivity index (χ2v) is 5.69. The van der Waals surface area contributed by atoms with Crippen LogP contribution in [0.3, 0.4) is 0 Å². The number of hydrogen-bond donors (Lipinski definition) is 2. The molecule has 2 N–H and O–H groups in total. The van der Waals surface area contributed by atoms with Gasteiger partial charge in [0.15, 0.2) is 0 Å². The van der Waals surface area contributed by atoms with Gasteiger partial charge in [-0.05, 0) is 36.6 Å². The molecule has 2 aromatic carbocycles. The summed E-state index contributed by atoms with van der Waals surface area (Å²) < 4.78 is 0. The number of amides is 1. The Kier molecular flexibility index (Phi) is 4.24. The third-order valence-corrected chi connectivity index (χ3v) is 3.84. The molecule has 0 aliphatic rings. The number of benzene rings is 2. The second kappa shape index (κ2) is 6.48. The normalized spacial score (nSPS) is 11.2. The predicted molar refractivity (Wildman–Crippen MR) is 93.7 cm³/mol. The molecule has 116 valence electrons. The Bertz CT molecular complexity index is 877. The first-order chi connectivity index (χ1) is 11.1. The van der Waals surface area contributed by atoms with Gasteiger partial charge in [0, 0.05) is 17.1 Å². The number of carbonyl (C=O) groups excluding carboxylic acids is 1. The minimum absolute atomic E-state index is 0.129. The summed E-state index contributed by atoms with van der Waals surface area (Å²) in [6.45, 7) is 4.08. The van der Waals surface area contributed by atoms with E-state index in [0.29, 0.717) is 6.42 Å². The summed E-state index contributed by atoms with van der Waals surface area (Å²) in [5, 5.41) is 5.13. The van der Waals surface area contributed by atoms with Gasteiger partial charge in [0.25, 0.3) is 0 Å². The van der Waals surface area contributed by atoms with E-state index in [1.807, 2.05) is 49.5 Å². The fourth-order valence-electron chi connectivity index (χ4n) is 2.63. The molecule has 0 saturated heterocycles. The summed E-state index contributed by atoms with van der Waals surface area (Å²) in [6.07, 6.45) is 3.86. The van der Waals surface area contributed by atoms with Crippen LogP contribution in [0.2, 0.25) is 0 Å². The quantitative estimate of drug-likeness (QED) is 0.563. The average Bonchev–Trinajstić information content (AvgIpc) is 2.93. The highest BCUT2D eigenvalue weighted by molar-refractivity contribution is 5.89. The van der Waals surface area contributed by atoms with Crippen LogP contribution in [0.4, 0.5) is 0 Å². The number of carbonyl (C=O) groups is 1. The van der Waals surface area contributed by atoms with Gasteiger partial charge in [-0.15, -0.1) is 0 Å². The van der Waals surface area contributed by atoms with Crippen LogP contribution in [0.1, 0.15) is 22.3 Å². The maximum absolute atomic E-state index is 12.0. The lowest BCUT2D eigenvalue weighted by atomic mass is 10.1. The van der Waals surface area contributed by atoms with Crippen molar-refractivity contribution in [3.05, 3.63) is 70.9 Å². The zero-order valence-electron chi connectivity index (χ0n) is 13.3. The maximum atomic E-state index is 12.0. The molecule has 0 saturated carbocycles. The Hall–Kier alpha value is -2.88. The topological polar surface area (TPSA) is 57.2 Å². The zero-order valence-corrected chi connectivity index (χ0v) is 13.3. The van der Waals surface area contributed by atoms with Gasteiger partial charge in [-0.1, -0.05) is 42.0 Å². The number of rotatable bonds is 4. The van der Waals surface area contributed by atoms with Gasteiger partial charge in [-0.2, -0.15) is 5.10 Å². The molecule has 1 amide bonds. The number of fused-ring (bicyclic) bond motifs is 1. The molecule has 3 rings (SSSR count). The highest BCUT2D eigenvalue weighted by atomic mass is 16.2. The maximum Gasteiger partial charge on any atom is 0.244 e. The number of para-hydroxylation sites is 1. The van der Waals surface area contributed by atoms with E-state index in [1.165, 1.54) is 5.56 Å². The Balaban J connectivity index is 1.64. The fourth-order valence-corrected chi connectivity index (χ4v) is 2.63. The van der Waals surface area contributed by atoms with Crippen molar-refractivity contribution in [3.63, 3.8) is 0 Å². The van der Waals surface area contributed by atoms with Crippen LogP contribution in [0.15, 0.2) is 53.8 Å². The van der Waals surface area contributed by atoms with Gasteiger partial charge in [0.2, 0.25) is 5.91 Å². The number of aryl methyl sites for hydroxylation is 2. The van der Waals surface area contributed by atoms with Gasteiger partial charge in [-0.3, -0.25) is 4.79 Å². The number of nitrogens with one attached hydrogen (secondary N) is 2. The highest BCUT2D eigenvalue weighted by Crippen LogP contribution is 2.17. The molecule has 0 aliphatic carbocycles. The first kappa shape index (κ1) is 15.0. The summed E-state index contributed by atoms with van der Waals surface area (Å²) in [4.78, 5) is 15.2. The molecule has 23 heavy (non-hydrogen) atoms. The first-order valence-corrected chi connectivity index (χ1v) is 7.57. The lowest BCUT2D eigenvalue weighted by Gasteiger charge is -2.02. The van der Waals surface area contributed by atoms with E-state index in [-0.39, 0.29) is 5.91 Å². The monoisotopic (exact) mass is 305 g/mol. The largest absolute Gasteiger partial charge is 0.361 e. The van der Waals surface area contributed by atoms with E-state index in [1.54, 1.807) is 6.21 Å². The molecule has 0 bridgehead atoms. The molecule has 0 atom stereocenters. The second-order valence-electron chi connectivity index (χ2n) is 5.69. The molecule has 0 unspecified atom stereocenters. The highest BCUT2D eigenvalue weighted by Gasteiger charge is 2.07.